The summed E-state index contributed by atoms with van der Waals surface area (Å²) in [6.07, 6.45) is 1.34. The minimum absolute atomic E-state index is 0.239. The van der Waals surface area contributed by atoms with Crippen molar-refractivity contribution in [2.45, 2.75) is 13.8 Å². The molecule has 19 heavy (non-hydrogen) atoms. The number of ether oxygens (including phenoxy) is 1. The molecule has 2 rings (SSSR count). The topological polar surface area (TPSA) is 51.2 Å². The minimum Gasteiger partial charge on any atom is -0.462 e. The Morgan fingerprint density at radius 3 is 2.84 bits per heavy atom. The average Bonchev–Trinajstić information content (AvgIpc) is 2.37. The Morgan fingerprint density at radius 2 is 2.21 bits per heavy atom. The van der Waals surface area contributed by atoms with Crippen LogP contribution >= 0.6 is 0 Å². The van der Waals surface area contributed by atoms with Crippen molar-refractivity contribution >= 4 is 22.6 Å². The first kappa shape index (κ1) is 13.3. The Kier molecular flexibility index (Phi) is 3.64. The second-order valence-corrected chi connectivity index (χ2v) is 4.16. The smallest absolute Gasteiger partial charge is 0.341 e. The van der Waals surface area contributed by atoms with Crippen LogP contribution < -0.4 is 5.32 Å². The molecule has 0 aliphatic rings. The molecule has 0 amide bonds. The van der Waals surface area contributed by atoms with Crippen molar-refractivity contribution in [3.8, 4) is 0 Å². The molecule has 0 bridgehead atoms. The minimum atomic E-state index is -0.469. The summed E-state index contributed by atoms with van der Waals surface area (Å²) >= 11 is 0. The molecule has 0 saturated carbocycles. The van der Waals surface area contributed by atoms with E-state index < -0.39 is 11.8 Å². The van der Waals surface area contributed by atoms with Gasteiger partial charge in [0.15, 0.2) is 0 Å². The largest absolute Gasteiger partial charge is 0.462 e. The van der Waals surface area contributed by atoms with E-state index in [2.05, 4.69) is 10.3 Å². The highest BCUT2D eigenvalue weighted by molar-refractivity contribution is 6.05. The van der Waals surface area contributed by atoms with Crippen LogP contribution in [0.2, 0.25) is 0 Å². The lowest BCUT2D eigenvalue weighted by Crippen LogP contribution is -2.09. The molecule has 1 heterocycles. The summed E-state index contributed by atoms with van der Waals surface area (Å²) in [5.74, 6) is -0.870. The van der Waals surface area contributed by atoms with Crippen molar-refractivity contribution in [2.24, 2.45) is 0 Å². The van der Waals surface area contributed by atoms with Gasteiger partial charge in [0.25, 0.3) is 0 Å². The van der Waals surface area contributed by atoms with Crippen LogP contribution in [0.4, 0.5) is 10.1 Å². The van der Waals surface area contributed by atoms with E-state index in [1.54, 1.807) is 27.0 Å². The summed E-state index contributed by atoms with van der Waals surface area (Å²) in [5.41, 5.74) is 1.85. The molecule has 0 aliphatic carbocycles. The molecular weight excluding hydrogens is 247 g/mol. The zero-order valence-corrected chi connectivity index (χ0v) is 11.1. The summed E-state index contributed by atoms with van der Waals surface area (Å²) < 4.78 is 18.8. The molecule has 1 aromatic carbocycles. The third-order valence-corrected chi connectivity index (χ3v) is 2.81. The molecule has 0 aliphatic heterocycles. The molecule has 0 radical (unpaired) electrons. The zero-order chi connectivity index (χ0) is 14.0. The number of aryl methyl sites for hydroxylation is 1. The number of esters is 1. The number of rotatable bonds is 3. The van der Waals surface area contributed by atoms with Crippen LogP contribution in [0.5, 0.6) is 0 Å². The van der Waals surface area contributed by atoms with Gasteiger partial charge in [-0.2, -0.15) is 0 Å². The number of carbonyl (C=O) groups is 1. The summed E-state index contributed by atoms with van der Waals surface area (Å²) in [6.45, 7) is 3.80. The first-order chi connectivity index (χ1) is 9.08. The number of benzene rings is 1. The SMILES string of the molecule is CCOC(=O)c1cnc2c(F)cc(C)cc2c1NC. The van der Waals surface area contributed by atoms with Gasteiger partial charge in [0.2, 0.25) is 0 Å². The monoisotopic (exact) mass is 262 g/mol. The van der Waals surface area contributed by atoms with Gasteiger partial charge < -0.3 is 10.1 Å². The summed E-state index contributed by atoms with van der Waals surface area (Å²) in [4.78, 5) is 15.9. The number of aromatic nitrogens is 1. The van der Waals surface area contributed by atoms with Crippen molar-refractivity contribution in [1.29, 1.82) is 0 Å². The lowest BCUT2D eigenvalue weighted by atomic mass is 10.1. The average molecular weight is 262 g/mol. The van der Waals surface area contributed by atoms with Gasteiger partial charge in [-0.05, 0) is 31.5 Å². The highest BCUT2D eigenvalue weighted by Gasteiger charge is 2.17. The van der Waals surface area contributed by atoms with E-state index in [-0.39, 0.29) is 12.1 Å². The van der Waals surface area contributed by atoms with Crippen LogP contribution in [0.25, 0.3) is 10.9 Å². The van der Waals surface area contributed by atoms with E-state index in [4.69, 9.17) is 4.74 Å². The summed E-state index contributed by atoms with van der Waals surface area (Å²) in [5, 5.41) is 3.50. The second-order valence-electron chi connectivity index (χ2n) is 4.16. The van der Waals surface area contributed by atoms with Crippen LogP contribution in [0.1, 0.15) is 22.8 Å². The number of halogens is 1. The molecule has 1 aromatic heterocycles. The van der Waals surface area contributed by atoms with Crippen LogP contribution in [0.15, 0.2) is 18.3 Å². The Morgan fingerprint density at radius 1 is 1.47 bits per heavy atom. The molecule has 2 aromatic rings. The van der Waals surface area contributed by atoms with E-state index in [0.29, 0.717) is 16.6 Å². The molecule has 0 fully saturated rings. The van der Waals surface area contributed by atoms with E-state index in [1.165, 1.54) is 12.3 Å². The van der Waals surface area contributed by atoms with Crippen LogP contribution in [0, 0.1) is 12.7 Å². The number of fused-ring (bicyclic) bond motifs is 1. The first-order valence-electron chi connectivity index (χ1n) is 6.02. The Balaban J connectivity index is 2.72. The lowest BCUT2D eigenvalue weighted by molar-refractivity contribution is 0.0527. The van der Waals surface area contributed by atoms with Gasteiger partial charge in [-0.15, -0.1) is 0 Å². The van der Waals surface area contributed by atoms with Crippen LogP contribution in [-0.2, 0) is 4.74 Å². The predicted molar refractivity (Wildman–Crippen MR) is 71.9 cm³/mol. The first-order valence-corrected chi connectivity index (χ1v) is 6.02. The molecule has 100 valence electrons. The van der Waals surface area contributed by atoms with E-state index in [9.17, 15) is 9.18 Å². The molecule has 5 heteroatoms. The van der Waals surface area contributed by atoms with Gasteiger partial charge in [-0.3, -0.25) is 4.98 Å². The molecular formula is C14H15FN2O2. The number of carbonyl (C=O) groups excluding carboxylic acids is 1. The van der Waals surface area contributed by atoms with Crippen molar-refractivity contribution in [1.82, 2.24) is 4.98 Å². The van der Waals surface area contributed by atoms with Gasteiger partial charge in [0.1, 0.15) is 16.9 Å². The van der Waals surface area contributed by atoms with Gasteiger partial charge in [-0.25, -0.2) is 9.18 Å². The number of nitrogens with one attached hydrogen (secondary N) is 1. The Labute approximate surface area is 110 Å². The fourth-order valence-electron chi connectivity index (χ4n) is 2.03. The highest BCUT2D eigenvalue weighted by Crippen LogP contribution is 2.28. The van der Waals surface area contributed by atoms with Crippen molar-refractivity contribution in [3.05, 3.63) is 35.3 Å². The molecule has 0 atom stereocenters. The highest BCUT2D eigenvalue weighted by atomic mass is 19.1. The van der Waals surface area contributed by atoms with Crippen LogP contribution in [-0.4, -0.2) is 24.6 Å². The fourth-order valence-corrected chi connectivity index (χ4v) is 2.03. The standard InChI is InChI=1S/C14H15FN2O2/c1-4-19-14(18)10-7-17-13-9(12(10)16-3)5-8(2)6-11(13)15/h5-7H,4H2,1-3H3,(H,16,17). The van der Waals surface area contributed by atoms with Crippen molar-refractivity contribution < 1.29 is 13.9 Å². The summed E-state index contributed by atoms with van der Waals surface area (Å²) in [6, 6.07) is 3.21. The van der Waals surface area contributed by atoms with Gasteiger partial charge in [-0.1, -0.05) is 0 Å². The number of nitrogens with zero attached hydrogens (tertiary/aromatic N) is 1. The number of pyridine rings is 1. The van der Waals surface area contributed by atoms with E-state index in [1.807, 2.05) is 0 Å². The van der Waals surface area contributed by atoms with E-state index >= 15 is 0 Å². The molecule has 1 N–H and O–H groups in total. The normalized spacial score (nSPS) is 10.5. The van der Waals surface area contributed by atoms with E-state index in [0.717, 1.165) is 5.56 Å². The third-order valence-electron chi connectivity index (χ3n) is 2.81. The third kappa shape index (κ3) is 2.36. The maximum absolute atomic E-state index is 13.8. The Bertz CT molecular complexity index is 641. The number of hydrogen-bond donors (Lipinski definition) is 1. The zero-order valence-electron chi connectivity index (χ0n) is 11.1. The fraction of sp³-hybridized carbons (Fsp3) is 0.286. The maximum Gasteiger partial charge on any atom is 0.341 e. The van der Waals surface area contributed by atoms with Crippen molar-refractivity contribution in [3.63, 3.8) is 0 Å². The van der Waals surface area contributed by atoms with Gasteiger partial charge in [0, 0.05) is 18.6 Å². The maximum atomic E-state index is 13.8. The number of anilines is 1. The molecule has 0 unspecified atom stereocenters. The second kappa shape index (κ2) is 5.22. The molecule has 4 nitrogen and oxygen atoms in total. The predicted octanol–water partition coefficient (Wildman–Crippen LogP) is 2.90. The summed E-state index contributed by atoms with van der Waals surface area (Å²) in [7, 11) is 1.68. The van der Waals surface area contributed by atoms with Crippen molar-refractivity contribution in [2.75, 3.05) is 19.0 Å². The Hall–Kier alpha value is -2.17. The quantitative estimate of drug-likeness (QED) is 0.864. The van der Waals surface area contributed by atoms with Gasteiger partial charge in [0.05, 0.1) is 12.3 Å². The lowest BCUT2D eigenvalue weighted by Gasteiger charge is -2.12. The molecule has 0 spiro atoms. The van der Waals surface area contributed by atoms with Gasteiger partial charge >= 0.3 is 5.97 Å². The number of hydrogen-bond acceptors (Lipinski definition) is 4. The van der Waals surface area contributed by atoms with Crippen LogP contribution in [0.3, 0.4) is 0 Å². The molecule has 0 saturated heterocycles.